The van der Waals surface area contributed by atoms with Crippen molar-refractivity contribution in [2.75, 3.05) is 16.3 Å². The van der Waals surface area contributed by atoms with Gasteiger partial charge in [-0.1, -0.05) is 35.9 Å². The summed E-state index contributed by atoms with van der Waals surface area (Å²) in [7, 11) is -3.42. The maximum Gasteiger partial charge on any atom is 0.229 e. The molecule has 5 nitrogen and oxygen atoms in total. The molecule has 22 heavy (non-hydrogen) atoms. The van der Waals surface area contributed by atoms with E-state index in [1.807, 2.05) is 0 Å². The van der Waals surface area contributed by atoms with E-state index in [4.69, 9.17) is 11.6 Å². The van der Waals surface area contributed by atoms with Gasteiger partial charge in [0.1, 0.15) is 0 Å². The highest BCUT2D eigenvalue weighted by Crippen LogP contribution is 2.22. The first kappa shape index (κ1) is 16.3. The third kappa shape index (κ3) is 5.05. The first-order valence-corrected chi connectivity index (χ1v) is 8.71. The fraction of sp³-hybridized carbons (Fsp3) is 0.133. The van der Waals surface area contributed by atoms with Crippen LogP contribution in [0.1, 0.15) is 5.56 Å². The Bertz CT molecular complexity index is 774. The Balaban J connectivity index is 2.10. The van der Waals surface area contributed by atoms with E-state index in [1.165, 1.54) is 0 Å². The van der Waals surface area contributed by atoms with E-state index in [2.05, 4.69) is 10.0 Å². The lowest BCUT2D eigenvalue weighted by Crippen LogP contribution is -2.17. The van der Waals surface area contributed by atoms with Crippen molar-refractivity contribution >= 4 is 38.9 Å². The number of sulfonamides is 1. The van der Waals surface area contributed by atoms with E-state index in [0.717, 1.165) is 11.8 Å². The molecule has 0 aliphatic carbocycles. The van der Waals surface area contributed by atoms with Gasteiger partial charge in [0.2, 0.25) is 15.9 Å². The van der Waals surface area contributed by atoms with Crippen molar-refractivity contribution in [3.63, 3.8) is 0 Å². The second-order valence-electron chi connectivity index (χ2n) is 4.77. The second-order valence-corrected chi connectivity index (χ2v) is 6.96. The Morgan fingerprint density at radius 1 is 1.05 bits per heavy atom. The summed E-state index contributed by atoms with van der Waals surface area (Å²) in [4.78, 5) is 12.1. The number of nitrogens with one attached hydrogen (secondary N) is 2. The van der Waals surface area contributed by atoms with Gasteiger partial charge in [-0.2, -0.15) is 0 Å². The Labute approximate surface area is 134 Å². The molecular weight excluding hydrogens is 324 g/mol. The Hall–Kier alpha value is -2.05. The molecule has 0 radical (unpaired) electrons. The summed E-state index contributed by atoms with van der Waals surface area (Å²) < 4.78 is 25.0. The van der Waals surface area contributed by atoms with E-state index >= 15 is 0 Å². The molecule has 116 valence electrons. The monoisotopic (exact) mass is 338 g/mol. The highest BCUT2D eigenvalue weighted by Gasteiger charge is 2.10. The van der Waals surface area contributed by atoms with Gasteiger partial charge in [-0.15, -0.1) is 0 Å². The van der Waals surface area contributed by atoms with Gasteiger partial charge in [0.05, 0.1) is 24.1 Å². The first-order chi connectivity index (χ1) is 10.3. The molecule has 0 atom stereocenters. The summed E-state index contributed by atoms with van der Waals surface area (Å²) in [5.41, 5.74) is 1.55. The fourth-order valence-electron chi connectivity index (χ4n) is 1.86. The second kappa shape index (κ2) is 6.81. The van der Waals surface area contributed by atoms with Crippen molar-refractivity contribution < 1.29 is 13.2 Å². The molecule has 0 heterocycles. The van der Waals surface area contributed by atoms with E-state index in [-0.39, 0.29) is 12.3 Å². The lowest BCUT2D eigenvalue weighted by Gasteiger charge is -2.11. The SMILES string of the molecule is CS(=O)(=O)Nc1ccccc1NC(=O)Cc1ccc(Cl)cc1. The minimum absolute atomic E-state index is 0.171. The number of hydrogen-bond acceptors (Lipinski definition) is 3. The van der Waals surface area contributed by atoms with E-state index in [9.17, 15) is 13.2 Å². The number of amides is 1. The van der Waals surface area contributed by atoms with Crippen LogP contribution in [0, 0.1) is 0 Å². The molecule has 0 fully saturated rings. The van der Waals surface area contributed by atoms with Crippen LogP contribution < -0.4 is 10.0 Å². The molecule has 0 saturated carbocycles. The number of halogens is 1. The summed E-state index contributed by atoms with van der Waals surface area (Å²) in [6.07, 6.45) is 1.23. The summed E-state index contributed by atoms with van der Waals surface area (Å²) in [6.45, 7) is 0. The molecule has 0 aliphatic heterocycles. The minimum Gasteiger partial charge on any atom is -0.324 e. The van der Waals surface area contributed by atoms with Gasteiger partial charge >= 0.3 is 0 Å². The van der Waals surface area contributed by atoms with Gasteiger partial charge in [-0.05, 0) is 29.8 Å². The maximum atomic E-state index is 12.1. The van der Waals surface area contributed by atoms with Gasteiger partial charge in [-0.3, -0.25) is 9.52 Å². The van der Waals surface area contributed by atoms with Gasteiger partial charge in [0.15, 0.2) is 0 Å². The smallest absolute Gasteiger partial charge is 0.229 e. The van der Waals surface area contributed by atoms with Crippen LogP contribution in [0.5, 0.6) is 0 Å². The topological polar surface area (TPSA) is 75.3 Å². The summed E-state index contributed by atoms with van der Waals surface area (Å²) >= 11 is 5.79. The molecule has 0 aliphatic rings. The average Bonchev–Trinajstić information content (AvgIpc) is 2.42. The number of para-hydroxylation sites is 2. The van der Waals surface area contributed by atoms with Crippen LogP contribution in [0.3, 0.4) is 0 Å². The molecule has 0 bridgehead atoms. The van der Waals surface area contributed by atoms with Crippen molar-refractivity contribution in [3.8, 4) is 0 Å². The standard InChI is InChI=1S/C15H15ClN2O3S/c1-22(20,21)18-14-5-3-2-4-13(14)17-15(19)10-11-6-8-12(16)9-7-11/h2-9,18H,10H2,1H3,(H,17,19). The van der Waals surface area contributed by atoms with E-state index < -0.39 is 10.0 Å². The number of carbonyl (C=O) groups is 1. The van der Waals surface area contributed by atoms with Crippen LogP contribution in [0.4, 0.5) is 11.4 Å². The molecule has 0 unspecified atom stereocenters. The maximum absolute atomic E-state index is 12.1. The molecule has 7 heteroatoms. The van der Waals surface area contributed by atoms with Crippen molar-refractivity contribution in [1.82, 2.24) is 0 Å². The van der Waals surface area contributed by atoms with Gasteiger partial charge in [0, 0.05) is 5.02 Å². The van der Waals surface area contributed by atoms with Crippen molar-refractivity contribution in [3.05, 3.63) is 59.1 Å². The average molecular weight is 339 g/mol. The number of hydrogen-bond donors (Lipinski definition) is 2. The molecule has 2 N–H and O–H groups in total. The lowest BCUT2D eigenvalue weighted by molar-refractivity contribution is -0.115. The molecular formula is C15H15ClN2O3S. The van der Waals surface area contributed by atoms with Crippen molar-refractivity contribution in [1.29, 1.82) is 0 Å². The van der Waals surface area contributed by atoms with Crippen LogP contribution in [0.25, 0.3) is 0 Å². The van der Waals surface area contributed by atoms with Crippen LogP contribution in [-0.4, -0.2) is 20.6 Å². The highest BCUT2D eigenvalue weighted by molar-refractivity contribution is 7.92. The highest BCUT2D eigenvalue weighted by atomic mass is 35.5. The normalized spacial score (nSPS) is 11.0. The number of rotatable bonds is 5. The molecule has 2 aromatic carbocycles. The van der Waals surface area contributed by atoms with Crippen LogP contribution >= 0.6 is 11.6 Å². The molecule has 0 aromatic heterocycles. The third-order valence-corrected chi connectivity index (χ3v) is 3.62. The first-order valence-electron chi connectivity index (χ1n) is 6.44. The zero-order chi connectivity index (χ0) is 16.2. The molecule has 0 saturated heterocycles. The van der Waals surface area contributed by atoms with Crippen molar-refractivity contribution in [2.24, 2.45) is 0 Å². The number of carbonyl (C=O) groups excluding carboxylic acids is 1. The van der Waals surface area contributed by atoms with Crippen LogP contribution in [0.15, 0.2) is 48.5 Å². The zero-order valence-corrected chi connectivity index (χ0v) is 13.4. The van der Waals surface area contributed by atoms with Crippen LogP contribution in [0.2, 0.25) is 5.02 Å². The predicted octanol–water partition coefficient (Wildman–Crippen LogP) is 2.89. The quantitative estimate of drug-likeness (QED) is 0.880. The third-order valence-electron chi connectivity index (χ3n) is 2.77. The summed E-state index contributed by atoms with van der Waals surface area (Å²) in [5, 5.41) is 3.30. The fourth-order valence-corrected chi connectivity index (χ4v) is 2.57. The Morgan fingerprint density at radius 3 is 2.23 bits per heavy atom. The predicted molar refractivity (Wildman–Crippen MR) is 88.7 cm³/mol. The number of anilines is 2. The van der Waals surface area contributed by atoms with Gasteiger partial charge in [-0.25, -0.2) is 8.42 Å². The Kier molecular flexibility index (Phi) is 5.05. The van der Waals surface area contributed by atoms with E-state index in [1.54, 1.807) is 48.5 Å². The number of benzene rings is 2. The van der Waals surface area contributed by atoms with E-state index in [0.29, 0.717) is 16.4 Å². The van der Waals surface area contributed by atoms with Crippen molar-refractivity contribution in [2.45, 2.75) is 6.42 Å². The largest absolute Gasteiger partial charge is 0.324 e. The van der Waals surface area contributed by atoms with Gasteiger partial charge < -0.3 is 5.32 Å². The summed E-state index contributed by atoms with van der Waals surface area (Å²) in [5.74, 6) is -0.245. The Morgan fingerprint density at radius 2 is 1.64 bits per heavy atom. The van der Waals surface area contributed by atoms with Gasteiger partial charge in [0.25, 0.3) is 0 Å². The summed E-state index contributed by atoms with van der Waals surface area (Å²) in [6, 6.07) is 13.6. The molecule has 1 amide bonds. The molecule has 2 aromatic rings. The minimum atomic E-state index is -3.42. The van der Waals surface area contributed by atoms with Crippen LogP contribution in [-0.2, 0) is 21.2 Å². The molecule has 2 rings (SSSR count). The zero-order valence-electron chi connectivity index (χ0n) is 11.8. The molecule has 0 spiro atoms. The lowest BCUT2D eigenvalue weighted by atomic mass is 10.1.